The standard InChI is InChI=1S/C23H32O2.C16H18O2/c1-21(2,3)17-13-15(9-11-19(17)24)23(7,8)16-10-12-20(25)18(14-16)22(4,5)6;1-3-16(2,12-4-8-14(17)9-5-12)13-6-10-15(18)11-7-13/h9-14,24-25H,1-8H3;4-11,17-18H,3H2,1-2H3. The summed E-state index contributed by atoms with van der Waals surface area (Å²) in [7, 11) is 0. The van der Waals surface area contributed by atoms with Crippen molar-refractivity contribution >= 4 is 0 Å². The Hall–Kier alpha value is -3.92. The molecular weight excluding hydrogens is 532 g/mol. The molecule has 0 unspecified atom stereocenters. The molecule has 4 nitrogen and oxygen atoms in total. The lowest BCUT2D eigenvalue weighted by molar-refractivity contribution is 0.444. The first kappa shape index (κ1) is 33.6. The van der Waals surface area contributed by atoms with Gasteiger partial charge in [-0.25, -0.2) is 0 Å². The molecule has 4 aromatic carbocycles. The lowest BCUT2D eigenvalue weighted by Crippen LogP contribution is -2.22. The number of hydrogen-bond acceptors (Lipinski definition) is 4. The fourth-order valence-corrected chi connectivity index (χ4v) is 5.45. The molecule has 0 spiro atoms. The molecule has 0 saturated heterocycles. The number of phenols is 4. The summed E-state index contributed by atoms with van der Waals surface area (Å²) >= 11 is 0. The van der Waals surface area contributed by atoms with Crippen LogP contribution in [0, 0.1) is 0 Å². The van der Waals surface area contributed by atoms with Crippen molar-refractivity contribution in [3.05, 3.63) is 118 Å². The number of hydrogen-bond donors (Lipinski definition) is 4. The molecule has 0 aromatic heterocycles. The first-order valence-electron chi connectivity index (χ1n) is 15.1. The lowest BCUT2D eigenvalue weighted by Gasteiger charge is -2.31. The van der Waals surface area contributed by atoms with Gasteiger partial charge in [0.25, 0.3) is 0 Å². The highest BCUT2D eigenvalue weighted by atomic mass is 16.3. The Bertz CT molecular complexity index is 1400. The fourth-order valence-electron chi connectivity index (χ4n) is 5.45. The average Bonchev–Trinajstić information content (AvgIpc) is 2.92. The van der Waals surface area contributed by atoms with E-state index in [1.165, 1.54) is 0 Å². The summed E-state index contributed by atoms with van der Waals surface area (Å²) in [4.78, 5) is 0. The third-order valence-corrected chi connectivity index (χ3v) is 8.77. The van der Waals surface area contributed by atoms with E-state index in [4.69, 9.17) is 0 Å². The van der Waals surface area contributed by atoms with Crippen LogP contribution in [0.1, 0.15) is 109 Å². The molecule has 0 radical (unpaired) electrons. The Morgan fingerprint density at radius 3 is 1.02 bits per heavy atom. The second-order valence-electron chi connectivity index (χ2n) is 14.4. The van der Waals surface area contributed by atoms with Crippen LogP contribution in [0.4, 0.5) is 0 Å². The first-order valence-corrected chi connectivity index (χ1v) is 15.1. The van der Waals surface area contributed by atoms with Gasteiger partial charge in [0, 0.05) is 10.8 Å². The van der Waals surface area contributed by atoms with E-state index in [0.29, 0.717) is 11.5 Å². The highest BCUT2D eigenvalue weighted by Gasteiger charge is 2.29. The highest BCUT2D eigenvalue weighted by Crippen LogP contribution is 2.41. The molecule has 0 aliphatic rings. The van der Waals surface area contributed by atoms with Gasteiger partial charge in [-0.3, -0.25) is 0 Å². The van der Waals surface area contributed by atoms with Gasteiger partial charge in [0.15, 0.2) is 0 Å². The minimum absolute atomic E-state index is 0.110. The Balaban J connectivity index is 0.000000248. The maximum Gasteiger partial charge on any atom is 0.119 e. The quantitative estimate of drug-likeness (QED) is 0.189. The number of benzene rings is 4. The van der Waals surface area contributed by atoms with Crippen molar-refractivity contribution in [1.82, 2.24) is 0 Å². The smallest absolute Gasteiger partial charge is 0.119 e. The number of aromatic hydroxyl groups is 4. The molecular formula is C39H50O4. The molecule has 0 saturated carbocycles. The second-order valence-corrected chi connectivity index (χ2v) is 14.4. The molecule has 4 rings (SSSR count). The summed E-state index contributed by atoms with van der Waals surface area (Å²) in [5.74, 6) is 1.24. The van der Waals surface area contributed by atoms with Crippen LogP contribution in [0.3, 0.4) is 0 Å². The summed E-state index contributed by atoms with van der Waals surface area (Å²) in [5, 5.41) is 39.3. The molecule has 0 heterocycles. The van der Waals surface area contributed by atoms with Crippen molar-refractivity contribution in [2.24, 2.45) is 0 Å². The first-order chi connectivity index (χ1) is 19.8. The zero-order valence-electron chi connectivity index (χ0n) is 27.6. The van der Waals surface area contributed by atoms with E-state index in [9.17, 15) is 20.4 Å². The maximum atomic E-state index is 10.3. The molecule has 43 heavy (non-hydrogen) atoms. The predicted octanol–water partition coefficient (Wildman–Crippen LogP) is 9.83. The van der Waals surface area contributed by atoms with Gasteiger partial charge in [-0.2, -0.15) is 0 Å². The molecule has 0 aliphatic carbocycles. The van der Waals surface area contributed by atoms with Gasteiger partial charge in [0.05, 0.1) is 0 Å². The average molecular weight is 583 g/mol. The summed E-state index contributed by atoms with van der Waals surface area (Å²) in [6.07, 6.45) is 0.947. The summed E-state index contributed by atoms with van der Waals surface area (Å²) < 4.78 is 0. The van der Waals surface area contributed by atoms with Crippen LogP contribution in [0.5, 0.6) is 23.0 Å². The normalized spacial score (nSPS) is 12.4. The fraction of sp³-hybridized carbons (Fsp3) is 0.385. The Morgan fingerprint density at radius 2 is 0.744 bits per heavy atom. The van der Waals surface area contributed by atoms with Crippen molar-refractivity contribution in [2.75, 3.05) is 0 Å². The topological polar surface area (TPSA) is 80.9 Å². The molecule has 0 aliphatic heterocycles. The van der Waals surface area contributed by atoms with Gasteiger partial charge in [0.2, 0.25) is 0 Å². The van der Waals surface area contributed by atoms with E-state index < -0.39 is 0 Å². The molecule has 4 aromatic rings. The van der Waals surface area contributed by atoms with Crippen molar-refractivity contribution in [1.29, 1.82) is 0 Å². The van der Waals surface area contributed by atoms with Crippen LogP contribution >= 0.6 is 0 Å². The summed E-state index contributed by atoms with van der Waals surface area (Å²) in [5.41, 5.74) is 5.94. The van der Waals surface area contributed by atoms with Crippen LogP contribution in [0.2, 0.25) is 0 Å². The van der Waals surface area contributed by atoms with E-state index in [1.54, 1.807) is 36.4 Å². The Morgan fingerprint density at radius 1 is 0.442 bits per heavy atom. The minimum Gasteiger partial charge on any atom is -0.508 e. The Labute approximate surface area is 258 Å². The Kier molecular flexibility index (Phi) is 9.65. The van der Waals surface area contributed by atoms with Crippen molar-refractivity contribution < 1.29 is 20.4 Å². The van der Waals surface area contributed by atoms with E-state index in [1.807, 2.05) is 36.4 Å². The van der Waals surface area contributed by atoms with Crippen LogP contribution in [-0.2, 0) is 21.7 Å². The van der Waals surface area contributed by atoms with Gasteiger partial charge >= 0.3 is 0 Å². The van der Waals surface area contributed by atoms with Crippen LogP contribution in [-0.4, -0.2) is 20.4 Å². The van der Waals surface area contributed by atoms with Gasteiger partial charge in [-0.15, -0.1) is 0 Å². The molecule has 0 bridgehead atoms. The monoisotopic (exact) mass is 582 g/mol. The zero-order chi connectivity index (χ0) is 32.4. The molecule has 0 amide bonds. The highest BCUT2D eigenvalue weighted by molar-refractivity contribution is 5.50. The van der Waals surface area contributed by atoms with E-state index in [0.717, 1.165) is 39.8 Å². The van der Waals surface area contributed by atoms with Crippen molar-refractivity contribution in [3.8, 4) is 23.0 Å². The molecule has 0 fully saturated rings. The molecule has 4 N–H and O–H groups in total. The largest absolute Gasteiger partial charge is 0.508 e. The van der Waals surface area contributed by atoms with Gasteiger partial charge in [0.1, 0.15) is 23.0 Å². The van der Waals surface area contributed by atoms with Gasteiger partial charge < -0.3 is 20.4 Å². The van der Waals surface area contributed by atoms with Crippen LogP contribution < -0.4 is 0 Å². The third kappa shape index (κ3) is 7.54. The van der Waals surface area contributed by atoms with Gasteiger partial charge in [-0.05, 0) is 87.0 Å². The second kappa shape index (κ2) is 12.4. The number of rotatable bonds is 5. The summed E-state index contributed by atoms with van der Waals surface area (Å²) in [6, 6.07) is 26.4. The van der Waals surface area contributed by atoms with E-state index in [2.05, 4.69) is 81.4 Å². The maximum absolute atomic E-state index is 10.3. The lowest BCUT2D eigenvalue weighted by atomic mass is 9.73. The minimum atomic E-state index is -0.235. The molecule has 230 valence electrons. The van der Waals surface area contributed by atoms with Crippen molar-refractivity contribution in [3.63, 3.8) is 0 Å². The molecule has 4 heteroatoms. The summed E-state index contributed by atoms with van der Waals surface area (Å²) in [6.45, 7) is 21.3. The van der Waals surface area contributed by atoms with Crippen molar-refractivity contribution in [2.45, 2.75) is 97.3 Å². The zero-order valence-corrected chi connectivity index (χ0v) is 27.6. The van der Waals surface area contributed by atoms with E-state index >= 15 is 0 Å². The van der Waals surface area contributed by atoms with E-state index in [-0.39, 0.29) is 33.2 Å². The number of phenolic OH excluding ortho intramolecular Hbond substituents is 4. The molecule has 0 atom stereocenters. The third-order valence-electron chi connectivity index (χ3n) is 8.77. The predicted molar refractivity (Wildman–Crippen MR) is 179 cm³/mol. The van der Waals surface area contributed by atoms with Crippen LogP contribution in [0.15, 0.2) is 84.9 Å². The van der Waals surface area contributed by atoms with Gasteiger partial charge in [-0.1, -0.05) is 118 Å². The SMILES string of the molecule is CC(C)(C)c1cc(C(C)(C)c2ccc(O)c(C(C)(C)C)c2)ccc1O.CCC(C)(c1ccc(O)cc1)c1ccc(O)cc1. The van der Waals surface area contributed by atoms with Crippen LogP contribution in [0.25, 0.3) is 0 Å².